The normalized spacial score (nSPS) is 10.8. The van der Waals surface area contributed by atoms with E-state index in [1.54, 1.807) is 7.11 Å². The van der Waals surface area contributed by atoms with Gasteiger partial charge < -0.3 is 9.47 Å². The van der Waals surface area contributed by atoms with E-state index in [0.29, 0.717) is 5.75 Å². The van der Waals surface area contributed by atoms with Crippen LogP contribution in [0.4, 0.5) is 0 Å². The molecular weight excluding hydrogens is 384 g/mol. The highest BCUT2D eigenvalue weighted by molar-refractivity contribution is 9.10. The monoisotopic (exact) mass is 404 g/mol. The highest BCUT2D eigenvalue weighted by Gasteiger charge is 2.09. The molecule has 0 aliphatic carbocycles. The first kappa shape index (κ1) is 19.0. The van der Waals surface area contributed by atoms with Crippen molar-refractivity contribution in [1.29, 1.82) is 0 Å². The standard InChI is InChI=1S/C19H21BrN2O3/c1-12-5-6-13(2)19(14(12)3)25-11-18(23)22-21-10-15-9-16(20)7-8-17(15)24-4/h5-10H,11H2,1-4H3,(H,22,23). The van der Waals surface area contributed by atoms with Gasteiger partial charge in [-0.25, -0.2) is 5.43 Å². The van der Waals surface area contributed by atoms with Crippen molar-refractivity contribution >= 4 is 28.1 Å². The molecule has 0 radical (unpaired) electrons. The first-order chi connectivity index (χ1) is 11.9. The zero-order valence-corrected chi connectivity index (χ0v) is 16.3. The highest BCUT2D eigenvalue weighted by atomic mass is 79.9. The molecule has 25 heavy (non-hydrogen) atoms. The van der Waals surface area contributed by atoms with Crippen LogP contribution in [0.3, 0.4) is 0 Å². The van der Waals surface area contributed by atoms with Crippen molar-refractivity contribution in [2.45, 2.75) is 20.8 Å². The number of halogens is 1. The molecule has 0 unspecified atom stereocenters. The lowest BCUT2D eigenvalue weighted by atomic mass is 10.1. The Balaban J connectivity index is 1.96. The topological polar surface area (TPSA) is 59.9 Å². The lowest BCUT2D eigenvalue weighted by Gasteiger charge is -2.13. The van der Waals surface area contributed by atoms with Gasteiger partial charge in [-0.15, -0.1) is 0 Å². The number of hydrogen-bond acceptors (Lipinski definition) is 4. The predicted octanol–water partition coefficient (Wildman–Crippen LogP) is 3.91. The minimum absolute atomic E-state index is 0.0991. The van der Waals surface area contributed by atoms with Gasteiger partial charge in [-0.05, 0) is 55.7 Å². The quantitative estimate of drug-likeness (QED) is 0.586. The molecule has 0 atom stereocenters. The van der Waals surface area contributed by atoms with Gasteiger partial charge in [0, 0.05) is 10.0 Å². The molecule has 0 saturated carbocycles. The summed E-state index contributed by atoms with van der Waals surface area (Å²) >= 11 is 3.39. The summed E-state index contributed by atoms with van der Waals surface area (Å²) < 4.78 is 11.8. The molecule has 2 aromatic rings. The smallest absolute Gasteiger partial charge is 0.277 e. The van der Waals surface area contributed by atoms with Crippen LogP contribution < -0.4 is 14.9 Å². The van der Waals surface area contributed by atoms with E-state index in [-0.39, 0.29) is 12.5 Å². The molecule has 132 valence electrons. The van der Waals surface area contributed by atoms with Crippen molar-refractivity contribution in [2.24, 2.45) is 5.10 Å². The van der Waals surface area contributed by atoms with Crippen molar-refractivity contribution in [3.05, 3.63) is 57.1 Å². The third-order valence-electron chi connectivity index (χ3n) is 3.81. The summed E-state index contributed by atoms with van der Waals surface area (Å²) in [6, 6.07) is 9.56. The average molecular weight is 405 g/mol. The van der Waals surface area contributed by atoms with Gasteiger partial charge in [-0.1, -0.05) is 28.1 Å². The number of carbonyl (C=O) groups is 1. The van der Waals surface area contributed by atoms with Crippen molar-refractivity contribution in [2.75, 3.05) is 13.7 Å². The molecule has 0 aromatic heterocycles. The third kappa shape index (κ3) is 5.06. The van der Waals surface area contributed by atoms with Gasteiger partial charge in [0.05, 0.1) is 13.3 Å². The van der Waals surface area contributed by atoms with E-state index in [2.05, 4.69) is 26.5 Å². The highest BCUT2D eigenvalue weighted by Crippen LogP contribution is 2.25. The summed E-state index contributed by atoms with van der Waals surface area (Å²) in [6.07, 6.45) is 1.53. The van der Waals surface area contributed by atoms with Gasteiger partial charge in [0.15, 0.2) is 6.61 Å². The van der Waals surface area contributed by atoms with Crippen LogP contribution >= 0.6 is 15.9 Å². The maximum absolute atomic E-state index is 11.9. The minimum atomic E-state index is -0.328. The Labute approximate surface area is 156 Å². The second-order valence-corrected chi connectivity index (χ2v) is 6.54. The Bertz CT molecular complexity index is 803. The van der Waals surface area contributed by atoms with Crippen molar-refractivity contribution in [1.82, 2.24) is 5.43 Å². The number of methoxy groups -OCH3 is 1. The fourth-order valence-electron chi connectivity index (χ4n) is 2.30. The van der Waals surface area contributed by atoms with Gasteiger partial charge in [0.2, 0.25) is 0 Å². The number of hydrazone groups is 1. The fraction of sp³-hybridized carbons (Fsp3) is 0.263. The molecule has 5 nitrogen and oxygen atoms in total. The van der Waals surface area contributed by atoms with Gasteiger partial charge in [-0.3, -0.25) is 4.79 Å². The van der Waals surface area contributed by atoms with Crippen molar-refractivity contribution in [3.63, 3.8) is 0 Å². The Morgan fingerprint density at radius 1 is 1.20 bits per heavy atom. The molecule has 6 heteroatoms. The predicted molar refractivity (Wildman–Crippen MR) is 103 cm³/mol. The number of carbonyl (C=O) groups excluding carboxylic acids is 1. The fourth-order valence-corrected chi connectivity index (χ4v) is 2.68. The summed E-state index contributed by atoms with van der Waals surface area (Å²) in [5, 5.41) is 3.96. The van der Waals surface area contributed by atoms with Gasteiger partial charge in [0.1, 0.15) is 11.5 Å². The number of nitrogens with one attached hydrogen (secondary N) is 1. The Kier molecular flexibility index (Phi) is 6.58. The zero-order valence-electron chi connectivity index (χ0n) is 14.7. The molecule has 0 aliphatic rings. The average Bonchev–Trinajstić information content (AvgIpc) is 2.58. The van der Waals surface area contributed by atoms with Gasteiger partial charge in [0.25, 0.3) is 5.91 Å². The Morgan fingerprint density at radius 2 is 1.92 bits per heavy atom. The van der Waals surface area contributed by atoms with Crippen LogP contribution in [-0.4, -0.2) is 25.8 Å². The van der Waals surface area contributed by atoms with Crippen LogP contribution in [0.1, 0.15) is 22.3 Å². The number of amides is 1. The third-order valence-corrected chi connectivity index (χ3v) is 4.30. The lowest BCUT2D eigenvalue weighted by molar-refractivity contribution is -0.123. The molecule has 2 rings (SSSR count). The van der Waals surface area contributed by atoms with E-state index < -0.39 is 0 Å². The molecule has 0 spiro atoms. The summed E-state index contributed by atoms with van der Waals surface area (Å²) in [6.45, 7) is 5.85. The van der Waals surface area contributed by atoms with E-state index in [0.717, 1.165) is 32.5 Å². The Hall–Kier alpha value is -2.34. The maximum Gasteiger partial charge on any atom is 0.277 e. The van der Waals surface area contributed by atoms with E-state index in [4.69, 9.17) is 9.47 Å². The van der Waals surface area contributed by atoms with Gasteiger partial charge in [-0.2, -0.15) is 5.10 Å². The Morgan fingerprint density at radius 3 is 2.64 bits per heavy atom. The van der Waals surface area contributed by atoms with Crippen molar-refractivity contribution < 1.29 is 14.3 Å². The van der Waals surface area contributed by atoms with Crippen LogP contribution in [0.2, 0.25) is 0 Å². The maximum atomic E-state index is 11.9. The SMILES string of the molecule is COc1ccc(Br)cc1C=NNC(=O)COc1c(C)ccc(C)c1C. The summed E-state index contributed by atoms with van der Waals surface area (Å²) in [5.41, 5.74) is 6.37. The number of hydrogen-bond donors (Lipinski definition) is 1. The molecule has 2 aromatic carbocycles. The number of nitrogens with zero attached hydrogens (tertiary/aromatic N) is 1. The minimum Gasteiger partial charge on any atom is -0.496 e. The van der Waals surface area contributed by atoms with E-state index in [1.807, 2.05) is 51.1 Å². The molecule has 1 N–H and O–H groups in total. The second kappa shape index (κ2) is 8.67. The molecule has 1 amide bonds. The van der Waals surface area contributed by atoms with E-state index >= 15 is 0 Å². The second-order valence-electron chi connectivity index (χ2n) is 5.62. The molecule has 0 saturated heterocycles. The molecule has 0 aliphatic heterocycles. The number of aryl methyl sites for hydroxylation is 2. The van der Waals surface area contributed by atoms with Crippen LogP contribution in [0.25, 0.3) is 0 Å². The van der Waals surface area contributed by atoms with Crippen LogP contribution in [-0.2, 0) is 4.79 Å². The first-order valence-corrected chi connectivity index (χ1v) is 8.56. The van der Waals surface area contributed by atoms with E-state index in [9.17, 15) is 4.79 Å². The summed E-state index contributed by atoms with van der Waals surface area (Å²) in [4.78, 5) is 11.9. The summed E-state index contributed by atoms with van der Waals surface area (Å²) in [7, 11) is 1.58. The molecule has 0 bridgehead atoms. The zero-order chi connectivity index (χ0) is 18.4. The van der Waals surface area contributed by atoms with Crippen LogP contribution in [0.15, 0.2) is 39.9 Å². The largest absolute Gasteiger partial charge is 0.496 e. The number of ether oxygens (including phenoxy) is 2. The molecule has 0 fully saturated rings. The summed E-state index contributed by atoms with van der Waals surface area (Å²) in [5.74, 6) is 1.08. The first-order valence-electron chi connectivity index (χ1n) is 7.77. The molecule has 0 heterocycles. The van der Waals surface area contributed by atoms with Crippen LogP contribution in [0, 0.1) is 20.8 Å². The van der Waals surface area contributed by atoms with Gasteiger partial charge >= 0.3 is 0 Å². The van der Waals surface area contributed by atoms with Crippen LogP contribution in [0.5, 0.6) is 11.5 Å². The van der Waals surface area contributed by atoms with Crippen molar-refractivity contribution in [3.8, 4) is 11.5 Å². The van der Waals surface area contributed by atoms with E-state index in [1.165, 1.54) is 6.21 Å². The number of rotatable bonds is 6. The molecular formula is C19H21BrN2O3. The lowest BCUT2D eigenvalue weighted by Crippen LogP contribution is -2.25. The number of benzene rings is 2.